The number of aromatic carboxylic acids is 1. The highest BCUT2D eigenvalue weighted by Crippen LogP contribution is 2.20. The molecule has 1 N–H and O–H groups in total. The zero-order chi connectivity index (χ0) is 14.8. The van der Waals surface area contributed by atoms with Gasteiger partial charge in [0.05, 0.1) is 12.4 Å². The number of carboxylic acids is 1. The topological polar surface area (TPSA) is 68.0 Å². The third kappa shape index (κ3) is 2.51. The van der Waals surface area contributed by atoms with Crippen molar-refractivity contribution in [2.24, 2.45) is 0 Å². The van der Waals surface area contributed by atoms with Crippen molar-refractivity contribution in [1.29, 1.82) is 0 Å². The second kappa shape index (κ2) is 5.16. The van der Waals surface area contributed by atoms with Crippen LogP contribution in [0.2, 0.25) is 0 Å². The molecule has 104 valence electrons. The molecule has 0 aliphatic rings. The summed E-state index contributed by atoms with van der Waals surface area (Å²) in [5.74, 6) is -1.88. The molecule has 3 rings (SSSR count). The Balaban J connectivity index is 2.07. The number of rotatable bonds is 3. The molecule has 0 bridgehead atoms. The van der Waals surface area contributed by atoms with Gasteiger partial charge in [0.25, 0.3) is 0 Å². The fourth-order valence-corrected chi connectivity index (χ4v) is 1.99. The van der Waals surface area contributed by atoms with E-state index in [1.165, 1.54) is 4.68 Å². The number of pyridine rings is 1. The molecule has 5 nitrogen and oxygen atoms in total. The van der Waals surface area contributed by atoms with Crippen LogP contribution in [0.4, 0.5) is 4.39 Å². The molecule has 0 aliphatic carbocycles. The van der Waals surface area contributed by atoms with E-state index in [1.807, 2.05) is 30.3 Å². The maximum atomic E-state index is 13.1. The Bertz CT molecular complexity index is 800. The first-order valence-electron chi connectivity index (χ1n) is 6.14. The van der Waals surface area contributed by atoms with Crippen molar-refractivity contribution >= 4 is 5.97 Å². The van der Waals surface area contributed by atoms with Gasteiger partial charge in [-0.25, -0.2) is 18.9 Å². The van der Waals surface area contributed by atoms with E-state index in [1.54, 1.807) is 12.4 Å². The number of carbonyl (C=O) groups is 1. The average molecular weight is 283 g/mol. The number of hydrogen-bond acceptors (Lipinski definition) is 3. The van der Waals surface area contributed by atoms with E-state index >= 15 is 0 Å². The second-order valence-electron chi connectivity index (χ2n) is 4.37. The lowest BCUT2D eigenvalue weighted by atomic mass is 10.1. The van der Waals surface area contributed by atoms with Crippen LogP contribution in [0, 0.1) is 5.82 Å². The third-order valence-electron chi connectivity index (χ3n) is 2.97. The van der Waals surface area contributed by atoms with Crippen molar-refractivity contribution < 1.29 is 14.3 Å². The number of aromatic nitrogens is 3. The highest BCUT2D eigenvalue weighted by molar-refractivity contribution is 5.91. The van der Waals surface area contributed by atoms with E-state index in [2.05, 4.69) is 10.1 Å². The summed E-state index contributed by atoms with van der Waals surface area (Å²) in [7, 11) is 0. The maximum Gasteiger partial charge on any atom is 0.339 e. The predicted octanol–water partition coefficient (Wildman–Crippen LogP) is 2.77. The number of carboxylic acid groups (broad SMARTS) is 1. The van der Waals surface area contributed by atoms with Gasteiger partial charge in [0.15, 0.2) is 5.82 Å². The molecule has 2 aromatic heterocycles. The van der Waals surface area contributed by atoms with E-state index in [9.17, 15) is 9.18 Å². The van der Waals surface area contributed by atoms with E-state index < -0.39 is 11.8 Å². The van der Waals surface area contributed by atoms with Crippen LogP contribution in [0.5, 0.6) is 0 Å². The minimum Gasteiger partial charge on any atom is -0.478 e. The molecule has 3 aromatic rings. The molecule has 21 heavy (non-hydrogen) atoms. The minimum absolute atomic E-state index is 0.0751. The summed E-state index contributed by atoms with van der Waals surface area (Å²) in [6.45, 7) is 0. The summed E-state index contributed by atoms with van der Waals surface area (Å²) in [5, 5.41) is 13.2. The van der Waals surface area contributed by atoms with E-state index in [0.29, 0.717) is 0 Å². The smallest absolute Gasteiger partial charge is 0.339 e. The summed E-state index contributed by atoms with van der Waals surface area (Å²) in [6, 6.07) is 10.4. The Kier molecular flexibility index (Phi) is 3.19. The minimum atomic E-state index is -1.26. The van der Waals surface area contributed by atoms with Crippen LogP contribution >= 0.6 is 0 Å². The van der Waals surface area contributed by atoms with Gasteiger partial charge in [-0.05, 0) is 11.6 Å². The van der Waals surface area contributed by atoms with Gasteiger partial charge in [-0.2, -0.15) is 5.10 Å². The molecule has 2 heterocycles. The molecule has 0 aliphatic heterocycles. The Hall–Kier alpha value is -3.02. The fraction of sp³-hybridized carbons (Fsp3) is 0. The van der Waals surface area contributed by atoms with Gasteiger partial charge < -0.3 is 5.11 Å². The van der Waals surface area contributed by atoms with Crippen LogP contribution in [0.1, 0.15) is 10.4 Å². The van der Waals surface area contributed by atoms with Crippen molar-refractivity contribution in [1.82, 2.24) is 14.8 Å². The molecule has 6 heteroatoms. The van der Waals surface area contributed by atoms with Gasteiger partial charge in [0, 0.05) is 11.8 Å². The molecule has 0 atom stereocenters. The molecular formula is C15H10FN3O2. The first kappa shape index (κ1) is 13.0. The lowest BCUT2D eigenvalue weighted by Crippen LogP contribution is -2.08. The lowest BCUT2D eigenvalue weighted by Gasteiger charge is -2.04. The molecule has 0 amide bonds. The zero-order valence-corrected chi connectivity index (χ0v) is 10.8. The van der Waals surface area contributed by atoms with Crippen LogP contribution in [-0.4, -0.2) is 25.8 Å². The van der Waals surface area contributed by atoms with E-state index in [4.69, 9.17) is 5.11 Å². The highest BCUT2D eigenvalue weighted by Gasteiger charge is 2.15. The zero-order valence-electron chi connectivity index (χ0n) is 10.8. The Labute approximate surface area is 119 Å². The predicted molar refractivity (Wildman–Crippen MR) is 73.7 cm³/mol. The lowest BCUT2D eigenvalue weighted by molar-refractivity contribution is 0.0695. The van der Waals surface area contributed by atoms with E-state index in [0.717, 1.165) is 23.4 Å². The Morgan fingerprint density at radius 3 is 2.62 bits per heavy atom. The molecule has 0 fully saturated rings. The molecular weight excluding hydrogens is 273 g/mol. The quantitative estimate of drug-likeness (QED) is 0.802. The van der Waals surface area contributed by atoms with Gasteiger partial charge >= 0.3 is 5.97 Å². The van der Waals surface area contributed by atoms with Crippen molar-refractivity contribution in [3.8, 4) is 16.9 Å². The number of benzene rings is 1. The SMILES string of the molecule is O=C(O)c1cc(F)cnc1-n1cc(-c2ccccc2)cn1. The molecule has 0 unspecified atom stereocenters. The van der Waals surface area contributed by atoms with Gasteiger partial charge in [0.1, 0.15) is 11.4 Å². The molecule has 0 saturated carbocycles. The normalized spacial score (nSPS) is 10.5. The van der Waals surface area contributed by atoms with E-state index in [-0.39, 0.29) is 11.4 Å². The highest BCUT2D eigenvalue weighted by atomic mass is 19.1. The third-order valence-corrected chi connectivity index (χ3v) is 2.97. The van der Waals surface area contributed by atoms with Crippen LogP contribution in [0.15, 0.2) is 55.0 Å². The average Bonchev–Trinajstić information content (AvgIpc) is 2.97. The fourth-order valence-electron chi connectivity index (χ4n) is 1.99. The summed E-state index contributed by atoms with van der Waals surface area (Å²) in [6.07, 6.45) is 4.22. The number of nitrogens with zero attached hydrogens (tertiary/aromatic N) is 3. The first-order chi connectivity index (χ1) is 10.1. The van der Waals surface area contributed by atoms with Gasteiger partial charge in [-0.15, -0.1) is 0 Å². The maximum absolute atomic E-state index is 13.1. The standard InChI is InChI=1S/C15H10FN3O2/c16-12-6-13(15(20)21)14(17-8-12)19-9-11(7-18-19)10-4-2-1-3-5-10/h1-9H,(H,20,21). The molecule has 0 spiro atoms. The van der Waals surface area contributed by atoms with Gasteiger partial charge in [-0.3, -0.25) is 0 Å². The summed E-state index contributed by atoms with van der Waals surface area (Å²) >= 11 is 0. The van der Waals surface area contributed by atoms with Crippen LogP contribution in [0.25, 0.3) is 16.9 Å². The van der Waals surface area contributed by atoms with Crippen molar-refractivity contribution in [3.63, 3.8) is 0 Å². The van der Waals surface area contributed by atoms with Gasteiger partial charge in [-0.1, -0.05) is 30.3 Å². The summed E-state index contributed by atoms with van der Waals surface area (Å²) < 4.78 is 14.5. The molecule has 0 saturated heterocycles. The Morgan fingerprint density at radius 2 is 1.90 bits per heavy atom. The largest absolute Gasteiger partial charge is 0.478 e. The summed E-state index contributed by atoms with van der Waals surface area (Å²) in [4.78, 5) is 15.0. The summed E-state index contributed by atoms with van der Waals surface area (Å²) in [5.41, 5.74) is 1.53. The van der Waals surface area contributed by atoms with Crippen molar-refractivity contribution in [3.05, 3.63) is 66.4 Å². The molecule has 1 aromatic carbocycles. The monoisotopic (exact) mass is 283 g/mol. The van der Waals surface area contributed by atoms with Crippen molar-refractivity contribution in [2.75, 3.05) is 0 Å². The van der Waals surface area contributed by atoms with Crippen molar-refractivity contribution in [2.45, 2.75) is 0 Å². The Morgan fingerprint density at radius 1 is 1.14 bits per heavy atom. The molecule has 0 radical (unpaired) electrons. The number of halogens is 1. The number of hydrogen-bond donors (Lipinski definition) is 1. The van der Waals surface area contributed by atoms with Gasteiger partial charge in [0.2, 0.25) is 0 Å². The second-order valence-corrected chi connectivity index (χ2v) is 4.37. The van der Waals surface area contributed by atoms with Crippen LogP contribution in [0.3, 0.4) is 0 Å². The van der Waals surface area contributed by atoms with Crippen LogP contribution in [-0.2, 0) is 0 Å². The first-order valence-corrected chi connectivity index (χ1v) is 6.14. The van der Waals surface area contributed by atoms with Crippen LogP contribution < -0.4 is 0 Å².